The fourth-order valence-corrected chi connectivity index (χ4v) is 1.66. The maximum Gasteiger partial charge on any atom is 0.114 e. The molecule has 0 amide bonds. The van der Waals surface area contributed by atoms with Gasteiger partial charge in [-0.3, -0.25) is 0 Å². The first-order valence-electron chi connectivity index (χ1n) is 4.82. The van der Waals surface area contributed by atoms with Crippen molar-refractivity contribution in [3.63, 3.8) is 0 Å². The first-order chi connectivity index (χ1) is 6.46. The highest BCUT2D eigenvalue weighted by Gasteiger charge is 2.30. The highest BCUT2D eigenvalue weighted by molar-refractivity contribution is 5.31. The quantitative estimate of drug-likeness (QED) is 0.788. The molecule has 1 unspecified atom stereocenters. The van der Waals surface area contributed by atoms with Crippen LogP contribution in [0.3, 0.4) is 0 Å². The second-order valence-electron chi connectivity index (χ2n) is 4.16. The van der Waals surface area contributed by atoms with Gasteiger partial charge in [-0.1, -0.05) is 24.3 Å². The van der Waals surface area contributed by atoms with Gasteiger partial charge in [-0.2, -0.15) is 0 Å². The number of rotatable bonds is 3. The van der Waals surface area contributed by atoms with Crippen LogP contribution in [-0.2, 0) is 0 Å². The Morgan fingerprint density at radius 3 is 2.36 bits per heavy atom. The number of aryl methyl sites for hydroxylation is 1. The van der Waals surface area contributed by atoms with E-state index in [1.165, 1.54) is 13.8 Å². The van der Waals surface area contributed by atoms with Crippen molar-refractivity contribution in [3.05, 3.63) is 35.4 Å². The van der Waals surface area contributed by atoms with E-state index in [-0.39, 0.29) is 6.61 Å². The topological polar surface area (TPSA) is 20.2 Å². The molecule has 0 heterocycles. The Morgan fingerprint density at radius 2 is 1.93 bits per heavy atom. The average molecular weight is 196 g/mol. The van der Waals surface area contributed by atoms with Gasteiger partial charge in [0.05, 0.1) is 6.61 Å². The highest BCUT2D eigenvalue weighted by atomic mass is 19.1. The molecular weight excluding hydrogens is 179 g/mol. The molecule has 0 aliphatic carbocycles. The Morgan fingerprint density at radius 1 is 1.36 bits per heavy atom. The van der Waals surface area contributed by atoms with E-state index in [1.54, 1.807) is 0 Å². The number of hydrogen-bond donors (Lipinski definition) is 1. The second kappa shape index (κ2) is 4.09. The minimum Gasteiger partial charge on any atom is -0.396 e. The monoisotopic (exact) mass is 196 g/mol. The summed E-state index contributed by atoms with van der Waals surface area (Å²) < 4.78 is 13.8. The minimum atomic E-state index is -1.39. The lowest BCUT2D eigenvalue weighted by molar-refractivity contribution is 0.119. The van der Waals surface area contributed by atoms with E-state index in [0.29, 0.717) is 0 Å². The lowest BCUT2D eigenvalue weighted by atomic mass is 9.84. The lowest BCUT2D eigenvalue weighted by Gasteiger charge is -2.26. The zero-order valence-corrected chi connectivity index (χ0v) is 8.92. The number of aliphatic hydroxyl groups excluding tert-OH is 1. The van der Waals surface area contributed by atoms with Crippen LogP contribution in [0.4, 0.5) is 4.39 Å². The van der Waals surface area contributed by atoms with E-state index >= 15 is 0 Å². The van der Waals surface area contributed by atoms with E-state index in [4.69, 9.17) is 0 Å². The average Bonchev–Trinajstić information content (AvgIpc) is 2.07. The first kappa shape index (κ1) is 11.2. The highest BCUT2D eigenvalue weighted by Crippen LogP contribution is 2.32. The van der Waals surface area contributed by atoms with Crippen LogP contribution in [0.1, 0.15) is 30.9 Å². The van der Waals surface area contributed by atoms with Crippen LogP contribution in [-0.4, -0.2) is 17.4 Å². The second-order valence-corrected chi connectivity index (χ2v) is 4.16. The van der Waals surface area contributed by atoms with Crippen LogP contribution in [0.25, 0.3) is 0 Å². The maximum atomic E-state index is 13.8. The molecule has 1 N–H and O–H groups in total. The summed E-state index contributed by atoms with van der Waals surface area (Å²) in [4.78, 5) is 0. The third-order valence-electron chi connectivity index (χ3n) is 2.58. The smallest absolute Gasteiger partial charge is 0.114 e. The Balaban J connectivity index is 3.08. The van der Waals surface area contributed by atoms with Gasteiger partial charge in [0, 0.05) is 5.92 Å². The number of aliphatic hydroxyl groups is 1. The van der Waals surface area contributed by atoms with Crippen molar-refractivity contribution in [3.8, 4) is 0 Å². The van der Waals surface area contributed by atoms with Gasteiger partial charge >= 0.3 is 0 Å². The van der Waals surface area contributed by atoms with Crippen molar-refractivity contribution < 1.29 is 9.50 Å². The normalized spacial score (nSPS) is 14.1. The van der Waals surface area contributed by atoms with Crippen molar-refractivity contribution in [2.75, 3.05) is 6.61 Å². The molecule has 14 heavy (non-hydrogen) atoms. The summed E-state index contributed by atoms with van der Waals surface area (Å²) in [7, 11) is 0. The molecule has 0 fully saturated rings. The van der Waals surface area contributed by atoms with Gasteiger partial charge in [0.15, 0.2) is 0 Å². The fourth-order valence-electron chi connectivity index (χ4n) is 1.66. The Labute approximate surface area is 84.6 Å². The Hall–Kier alpha value is -0.890. The SMILES string of the molecule is Cc1ccccc1C(CO)C(C)(C)F. The molecule has 1 aromatic carbocycles. The Bertz CT molecular complexity index is 301. The molecule has 0 saturated carbocycles. The van der Waals surface area contributed by atoms with Crippen molar-refractivity contribution >= 4 is 0 Å². The largest absolute Gasteiger partial charge is 0.396 e. The summed E-state index contributed by atoms with van der Waals surface area (Å²) in [5.41, 5.74) is 0.528. The molecule has 0 aliphatic heterocycles. The van der Waals surface area contributed by atoms with Crippen molar-refractivity contribution in [1.82, 2.24) is 0 Å². The zero-order chi connectivity index (χ0) is 10.8. The van der Waals surface area contributed by atoms with Gasteiger partial charge in [0.2, 0.25) is 0 Å². The van der Waals surface area contributed by atoms with Crippen LogP contribution in [0, 0.1) is 6.92 Å². The number of hydrogen-bond acceptors (Lipinski definition) is 1. The summed E-state index contributed by atoms with van der Waals surface area (Å²) in [5.74, 6) is -0.441. The van der Waals surface area contributed by atoms with Gasteiger partial charge in [-0.25, -0.2) is 4.39 Å². The minimum absolute atomic E-state index is 0.158. The van der Waals surface area contributed by atoms with Gasteiger partial charge in [0.25, 0.3) is 0 Å². The van der Waals surface area contributed by atoms with Crippen molar-refractivity contribution in [2.45, 2.75) is 32.4 Å². The van der Waals surface area contributed by atoms with Crippen LogP contribution < -0.4 is 0 Å². The molecule has 0 aromatic heterocycles. The van der Waals surface area contributed by atoms with Crippen molar-refractivity contribution in [1.29, 1.82) is 0 Å². The molecule has 0 radical (unpaired) electrons. The first-order valence-corrected chi connectivity index (χ1v) is 4.82. The van der Waals surface area contributed by atoms with Gasteiger partial charge in [0.1, 0.15) is 5.67 Å². The van der Waals surface area contributed by atoms with E-state index in [1.807, 2.05) is 31.2 Å². The summed E-state index contributed by atoms with van der Waals surface area (Å²) in [5, 5.41) is 9.20. The fraction of sp³-hybridized carbons (Fsp3) is 0.500. The molecule has 0 saturated heterocycles. The molecule has 78 valence electrons. The molecule has 1 nitrogen and oxygen atoms in total. The molecule has 0 spiro atoms. The molecular formula is C12H17FO. The molecule has 1 atom stereocenters. The third kappa shape index (κ3) is 2.32. The molecule has 2 heteroatoms. The summed E-state index contributed by atoms with van der Waals surface area (Å²) in [6, 6.07) is 7.59. The van der Waals surface area contributed by atoms with Crippen LogP contribution in [0.5, 0.6) is 0 Å². The number of alkyl halides is 1. The molecule has 1 aromatic rings. The summed E-state index contributed by atoms with van der Waals surface area (Å²) in [6.45, 7) is 4.78. The van der Waals surface area contributed by atoms with Crippen molar-refractivity contribution in [2.24, 2.45) is 0 Å². The van der Waals surface area contributed by atoms with E-state index in [2.05, 4.69) is 0 Å². The maximum absolute atomic E-state index is 13.8. The number of benzene rings is 1. The summed E-state index contributed by atoms with van der Waals surface area (Å²) >= 11 is 0. The van der Waals surface area contributed by atoms with Gasteiger partial charge in [-0.15, -0.1) is 0 Å². The van der Waals surface area contributed by atoms with Gasteiger partial charge < -0.3 is 5.11 Å². The van der Waals surface area contributed by atoms with Crippen LogP contribution in [0.2, 0.25) is 0 Å². The predicted octanol–water partition coefficient (Wildman–Crippen LogP) is 2.82. The third-order valence-corrected chi connectivity index (χ3v) is 2.58. The molecule has 0 bridgehead atoms. The number of halogens is 1. The predicted molar refractivity (Wildman–Crippen MR) is 56.2 cm³/mol. The standard InChI is InChI=1S/C12H17FO/c1-9-6-4-5-7-10(9)11(8-14)12(2,3)13/h4-7,11,14H,8H2,1-3H3. The van der Waals surface area contributed by atoms with E-state index in [9.17, 15) is 9.50 Å². The van der Waals surface area contributed by atoms with Gasteiger partial charge in [-0.05, 0) is 31.9 Å². The van der Waals surface area contributed by atoms with E-state index in [0.717, 1.165) is 11.1 Å². The zero-order valence-electron chi connectivity index (χ0n) is 8.92. The lowest BCUT2D eigenvalue weighted by Crippen LogP contribution is -2.27. The van der Waals surface area contributed by atoms with Crippen LogP contribution in [0.15, 0.2) is 24.3 Å². The summed E-state index contributed by atoms with van der Waals surface area (Å²) in [6.07, 6.45) is 0. The van der Waals surface area contributed by atoms with E-state index < -0.39 is 11.6 Å². The molecule has 1 rings (SSSR count). The van der Waals surface area contributed by atoms with Crippen LogP contribution >= 0.6 is 0 Å². The molecule has 0 aliphatic rings. The Kier molecular flexibility index (Phi) is 3.27.